The van der Waals surface area contributed by atoms with E-state index in [1.807, 2.05) is 11.6 Å². The number of ether oxygens (including phenoxy) is 1. The van der Waals surface area contributed by atoms with E-state index in [9.17, 15) is 9.18 Å². The van der Waals surface area contributed by atoms with E-state index in [2.05, 4.69) is 10.3 Å². The second kappa shape index (κ2) is 7.17. The van der Waals surface area contributed by atoms with Crippen molar-refractivity contribution in [3.05, 3.63) is 83.7 Å². The van der Waals surface area contributed by atoms with Gasteiger partial charge in [0.15, 0.2) is 0 Å². The summed E-state index contributed by atoms with van der Waals surface area (Å²) in [6.07, 6.45) is 3.45. The molecule has 1 aromatic heterocycles. The van der Waals surface area contributed by atoms with Crippen molar-refractivity contribution in [1.29, 1.82) is 0 Å². The molecule has 0 bridgehead atoms. The minimum atomic E-state index is -0.501. The first-order valence-electron chi connectivity index (χ1n) is 7.76. The molecule has 5 nitrogen and oxygen atoms in total. The maximum Gasteiger partial charge on any atom is 0.252 e. The Bertz CT molecular complexity index is 874. The van der Waals surface area contributed by atoms with Crippen molar-refractivity contribution >= 4 is 5.91 Å². The lowest BCUT2D eigenvalue weighted by Crippen LogP contribution is -2.31. The van der Waals surface area contributed by atoms with Gasteiger partial charge in [-0.2, -0.15) is 0 Å². The lowest BCUT2D eigenvalue weighted by atomic mass is 10.1. The maximum absolute atomic E-state index is 13.3. The van der Waals surface area contributed by atoms with E-state index in [1.165, 1.54) is 12.1 Å². The summed E-state index contributed by atoms with van der Waals surface area (Å²) in [5, 5.41) is 2.96. The van der Waals surface area contributed by atoms with Crippen LogP contribution in [-0.4, -0.2) is 22.6 Å². The normalized spacial score (nSPS) is 11.8. The van der Waals surface area contributed by atoms with Gasteiger partial charge < -0.3 is 14.6 Å². The highest BCUT2D eigenvalue weighted by Gasteiger charge is 2.21. The zero-order valence-electron chi connectivity index (χ0n) is 13.9. The Morgan fingerprint density at radius 2 is 2.00 bits per heavy atom. The van der Waals surface area contributed by atoms with Crippen molar-refractivity contribution in [1.82, 2.24) is 14.9 Å². The van der Waals surface area contributed by atoms with Crippen molar-refractivity contribution < 1.29 is 13.9 Å². The molecule has 2 aromatic carbocycles. The Morgan fingerprint density at radius 3 is 2.64 bits per heavy atom. The van der Waals surface area contributed by atoms with Gasteiger partial charge in [-0.25, -0.2) is 9.37 Å². The predicted octanol–water partition coefficient (Wildman–Crippen LogP) is 3.09. The molecule has 6 heteroatoms. The number of imidazole rings is 1. The highest BCUT2D eigenvalue weighted by atomic mass is 19.1. The van der Waals surface area contributed by atoms with E-state index >= 15 is 0 Å². The van der Waals surface area contributed by atoms with Crippen LogP contribution in [0.5, 0.6) is 5.75 Å². The van der Waals surface area contributed by atoms with E-state index in [-0.39, 0.29) is 11.7 Å². The van der Waals surface area contributed by atoms with E-state index < -0.39 is 6.04 Å². The molecule has 0 aliphatic rings. The van der Waals surface area contributed by atoms with Crippen LogP contribution in [0.4, 0.5) is 4.39 Å². The van der Waals surface area contributed by atoms with Gasteiger partial charge in [-0.15, -0.1) is 0 Å². The number of halogens is 1. The first-order valence-corrected chi connectivity index (χ1v) is 7.76. The van der Waals surface area contributed by atoms with Gasteiger partial charge in [-0.3, -0.25) is 4.79 Å². The molecule has 0 spiro atoms. The molecule has 0 aliphatic carbocycles. The molecule has 3 aromatic rings. The Balaban J connectivity index is 1.93. The summed E-state index contributed by atoms with van der Waals surface area (Å²) in [7, 11) is 3.39. The number of aromatic nitrogens is 2. The molecule has 1 N–H and O–H groups in total. The fourth-order valence-electron chi connectivity index (χ4n) is 2.59. The van der Waals surface area contributed by atoms with Crippen LogP contribution in [-0.2, 0) is 7.05 Å². The number of hydrogen-bond acceptors (Lipinski definition) is 3. The van der Waals surface area contributed by atoms with Crippen LogP contribution in [0.2, 0.25) is 0 Å². The summed E-state index contributed by atoms with van der Waals surface area (Å²) in [6.45, 7) is 0. The second-order valence-electron chi connectivity index (χ2n) is 5.59. The maximum atomic E-state index is 13.3. The molecule has 1 atom stereocenters. The van der Waals surface area contributed by atoms with Crippen molar-refractivity contribution in [2.24, 2.45) is 7.05 Å². The van der Waals surface area contributed by atoms with Gasteiger partial charge >= 0.3 is 0 Å². The van der Waals surface area contributed by atoms with Gasteiger partial charge in [0.05, 0.1) is 7.11 Å². The van der Waals surface area contributed by atoms with E-state index in [0.29, 0.717) is 17.1 Å². The largest absolute Gasteiger partial charge is 0.497 e. The van der Waals surface area contributed by atoms with E-state index in [0.717, 1.165) is 5.56 Å². The minimum absolute atomic E-state index is 0.267. The van der Waals surface area contributed by atoms with Crippen LogP contribution < -0.4 is 10.1 Å². The number of benzene rings is 2. The molecule has 3 rings (SSSR count). The summed E-state index contributed by atoms with van der Waals surface area (Å²) >= 11 is 0. The first kappa shape index (κ1) is 16.7. The molecule has 0 aliphatic heterocycles. The zero-order valence-corrected chi connectivity index (χ0v) is 13.9. The molecular weight excluding hydrogens is 321 g/mol. The zero-order chi connectivity index (χ0) is 17.8. The molecule has 1 amide bonds. The summed E-state index contributed by atoms with van der Waals surface area (Å²) in [5.74, 6) is 0.656. The minimum Gasteiger partial charge on any atom is -0.497 e. The topological polar surface area (TPSA) is 56.1 Å². The quantitative estimate of drug-likeness (QED) is 0.777. The number of nitrogens with one attached hydrogen (secondary N) is 1. The third-order valence-corrected chi connectivity index (χ3v) is 3.93. The average Bonchev–Trinajstić information content (AvgIpc) is 3.06. The van der Waals surface area contributed by atoms with Gasteiger partial charge in [0.2, 0.25) is 0 Å². The number of carbonyl (C=O) groups excluding carboxylic acids is 1. The van der Waals surface area contributed by atoms with Crippen LogP contribution in [0.3, 0.4) is 0 Å². The molecule has 1 unspecified atom stereocenters. The average molecular weight is 339 g/mol. The molecular formula is C19H18FN3O2. The van der Waals surface area contributed by atoms with Crippen LogP contribution in [0, 0.1) is 5.82 Å². The third-order valence-electron chi connectivity index (χ3n) is 3.93. The number of aryl methyl sites for hydroxylation is 1. The Kier molecular flexibility index (Phi) is 4.79. The monoisotopic (exact) mass is 339 g/mol. The first-order chi connectivity index (χ1) is 12.1. The van der Waals surface area contributed by atoms with Crippen molar-refractivity contribution in [3.63, 3.8) is 0 Å². The summed E-state index contributed by atoms with van der Waals surface area (Å²) < 4.78 is 20.2. The molecule has 0 fully saturated rings. The predicted molar refractivity (Wildman–Crippen MR) is 91.9 cm³/mol. The van der Waals surface area contributed by atoms with Crippen molar-refractivity contribution in [3.8, 4) is 5.75 Å². The van der Waals surface area contributed by atoms with Crippen LogP contribution in [0.1, 0.15) is 27.8 Å². The van der Waals surface area contributed by atoms with Gasteiger partial charge in [-0.05, 0) is 35.9 Å². The van der Waals surface area contributed by atoms with Gasteiger partial charge in [0, 0.05) is 25.0 Å². The summed E-state index contributed by atoms with van der Waals surface area (Å²) in [6, 6.07) is 12.4. The molecule has 0 saturated carbocycles. The van der Waals surface area contributed by atoms with Gasteiger partial charge in [0.25, 0.3) is 5.91 Å². The highest BCUT2D eigenvalue weighted by molar-refractivity contribution is 5.95. The summed E-state index contributed by atoms with van der Waals surface area (Å²) in [5.41, 5.74) is 1.22. The molecule has 0 saturated heterocycles. The molecule has 128 valence electrons. The van der Waals surface area contributed by atoms with Crippen molar-refractivity contribution in [2.75, 3.05) is 7.11 Å². The SMILES string of the molecule is COc1cccc(C(=O)NC(c2ccc(F)cc2)c2nccn2C)c1. The Hall–Kier alpha value is -3.15. The standard InChI is InChI=1S/C19H18FN3O2/c1-23-11-10-21-18(23)17(13-6-8-15(20)9-7-13)22-19(24)14-4-3-5-16(12-14)25-2/h3-12,17H,1-2H3,(H,22,24). The highest BCUT2D eigenvalue weighted by Crippen LogP contribution is 2.22. The van der Waals surface area contributed by atoms with Gasteiger partial charge in [0.1, 0.15) is 23.4 Å². The van der Waals surface area contributed by atoms with Crippen molar-refractivity contribution in [2.45, 2.75) is 6.04 Å². The van der Waals surface area contributed by atoms with Crippen LogP contribution in [0.25, 0.3) is 0 Å². The third kappa shape index (κ3) is 3.68. The fraction of sp³-hybridized carbons (Fsp3) is 0.158. The number of hydrogen-bond donors (Lipinski definition) is 1. The summed E-state index contributed by atoms with van der Waals surface area (Å²) in [4.78, 5) is 17.0. The molecule has 0 radical (unpaired) electrons. The second-order valence-corrected chi connectivity index (χ2v) is 5.59. The number of amides is 1. The van der Waals surface area contributed by atoms with Crippen LogP contribution >= 0.6 is 0 Å². The lowest BCUT2D eigenvalue weighted by Gasteiger charge is -2.19. The number of rotatable bonds is 5. The Morgan fingerprint density at radius 1 is 1.24 bits per heavy atom. The number of carbonyl (C=O) groups is 1. The molecule has 25 heavy (non-hydrogen) atoms. The fourth-order valence-corrected chi connectivity index (χ4v) is 2.59. The Labute approximate surface area is 145 Å². The molecule has 1 heterocycles. The number of methoxy groups -OCH3 is 1. The van der Waals surface area contributed by atoms with Crippen LogP contribution in [0.15, 0.2) is 60.9 Å². The smallest absolute Gasteiger partial charge is 0.252 e. The van der Waals surface area contributed by atoms with E-state index in [1.54, 1.807) is 55.9 Å². The number of nitrogens with zero attached hydrogens (tertiary/aromatic N) is 2. The lowest BCUT2D eigenvalue weighted by molar-refractivity contribution is 0.0941. The van der Waals surface area contributed by atoms with E-state index in [4.69, 9.17) is 4.74 Å². The van der Waals surface area contributed by atoms with Gasteiger partial charge in [-0.1, -0.05) is 18.2 Å².